The van der Waals surface area contributed by atoms with Gasteiger partial charge in [-0.3, -0.25) is 4.98 Å². The first-order valence-corrected chi connectivity index (χ1v) is 5.75. The fourth-order valence-corrected chi connectivity index (χ4v) is 1.82. The van der Waals surface area contributed by atoms with E-state index >= 15 is 0 Å². The maximum absolute atomic E-state index is 6.03. The fraction of sp³-hybridized carbons (Fsp3) is 0.300. The highest BCUT2D eigenvalue weighted by molar-refractivity contribution is 7.03. The van der Waals surface area contributed by atoms with Crippen molar-refractivity contribution in [2.24, 2.45) is 5.73 Å². The number of rotatable bonds is 4. The maximum Gasteiger partial charge on any atom is 0.137 e. The van der Waals surface area contributed by atoms with E-state index in [1.165, 1.54) is 11.5 Å². The molecule has 16 heavy (non-hydrogen) atoms. The Hall–Kier alpha value is -1.53. The lowest BCUT2D eigenvalue weighted by molar-refractivity contribution is 0.338. The van der Waals surface area contributed by atoms with Gasteiger partial charge in [-0.25, -0.2) is 0 Å². The Kier molecular flexibility index (Phi) is 3.43. The van der Waals surface area contributed by atoms with E-state index in [1.54, 1.807) is 12.4 Å². The standard InChI is InChI=1S/C10H12N4OS/c1-2-15-8-3-7(4-12-5-8)10(11)9-6-16-14-13-9/h3-6,10H,2,11H2,1H3. The summed E-state index contributed by atoms with van der Waals surface area (Å²) in [7, 11) is 0. The molecule has 0 aliphatic carbocycles. The first-order chi connectivity index (χ1) is 7.81. The molecular formula is C10H12N4OS. The zero-order valence-corrected chi connectivity index (χ0v) is 9.65. The molecule has 0 spiro atoms. The molecule has 0 aromatic carbocycles. The van der Waals surface area contributed by atoms with E-state index in [-0.39, 0.29) is 6.04 Å². The molecule has 2 heterocycles. The van der Waals surface area contributed by atoms with Crippen LogP contribution in [0.5, 0.6) is 5.75 Å². The molecule has 5 nitrogen and oxygen atoms in total. The molecule has 2 rings (SSSR count). The first kappa shape index (κ1) is 11.0. The van der Waals surface area contributed by atoms with Gasteiger partial charge in [0.2, 0.25) is 0 Å². The molecule has 2 aromatic heterocycles. The minimum Gasteiger partial charge on any atom is -0.492 e. The number of nitrogens with zero attached hydrogens (tertiary/aromatic N) is 3. The molecule has 2 aromatic rings. The van der Waals surface area contributed by atoms with Gasteiger partial charge in [0, 0.05) is 11.6 Å². The van der Waals surface area contributed by atoms with Crippen LogP contribution < -0.4 is 10.5 Å². The van der Waals surface area contributed by atoms with Gasteiger partial charge in [-0.05, 0) is 30.1 Å². The highest BCUT2D eigenvalue weighted by atomic mass is 32.1. The Bertz CT molecular complexity index is 446. The molecule has 0 aliphatic heterocycles. The molecule has 0 saturated heterocycles. The Morgan fingerprint density at radius 3 is 3.06 bits per heavy atom. The second-order valence-electron chi connectivity index (χ2n) is 3.19. The molecule has 0 fully saturated rings. The van der Waals surface area contributed by atoms with E-state index in [0.717, 1.165) is 17.0 Å². The van der Waals surface area contributed by atoms with Crippen molar-refractivity contribution in [2.75, 3.05) is 6.61 Å². The third kappa shape index (κ3) is 2.34. The van der Waals surface area contributed by atoms with Crippen LogP contribution in [-0.2, 0) is 0 Å². The Labute approximate surface area is 97.4 Å². The van der Waals surface area contributed by atoms with E-state index in [0.29, 0.717) is 6.61 Å². The summed E-state index contributed by atoms with van der Waals surface area (Å²) in [5.41, 5.74) is 7.66. The summed E-state index contributed by atoms with van der Waals surface area (Å²) in [5.74, 6) is 0.721. The third-order valence-corrected chi connectivity index (χ3v) is 2.62. The van der Waals surface area contributed by atoms with E-state index in [9.17, 15) is 0 Å². The lowest BCUT2D eigenvalue weighted by Gasteiger charge is -2.09. The van der Waals surface area contributed by atoms with Gasteiger partial charge in [-0.1, -0.05) is 4.49 Å². The number of hydrogen-bond donors (Lipinski definition) is 1. The van der Waals surface area contributed by atoms with Crippen molar-refractivity contribution >= 4 is 11.5 Å². The number of ether oxygens (including phenoxy) is 1. The largest absolute Gasteiger partial charge is 0.492 e. The molecule has 0 bridgehead atoms. The van der Waals surface area contributed by atoms with E-state index in [2.05, 4.69) is 14.6 Å². The van der Waals surface area contributed by atoms with Crippen LogP contribution in [0.1, 0.15) is 24.2 Å². The Morgan fingerprint density at radius 2 is 2.38 bits per heavy atom. The highest BCUT2D eigenvalue weighted by Gasteiger charge is 2.12. The monoisotopic (exact) mass is 236 g/mol. The van der Waals surface area contributed by atoms with Crippen molar-refractivity contribution in [3.63, 3.8) is 0 Å². The number of pyridine rings is 1. The van der Waals surface area contributed by atoms with Crippen LogP contribution in [0.4, 0.5) is 0 Å². The summed E-state index contributed by atoms with van der Waals surface area (Å²) < 4.78 is 9.15. The molecule has 1 unspecified atom stereocenters. The molecule has 1 atom stereocenters. The van der Waals surface area contributed by atoms with Crippen LogP contribution in [0.15, 0.2) is 23.8 Å². The van der Waals surface area contributed by atoms with Gasteiger partial charge in [0.25, 0.3) is 0 Å². The topological polar surface area (TPSA) is 73.9 Å². The van der Waals surface area contributed by atoms with Crippen LogP contribution >= 0.6 is 11.5 Å². The molecule has 0 amide bonds. The van der Waals surface area contributed by atoms with Gasteiger partial charge in [-0.2, -0.15) is 0 Å². The van der Waals surface area contributed by atoms with Gasteiger partial charge in [0.1, 0.15) is 5.75 Å². The predicted octanol–water partition coefficient (Wildman–Crippen LogP) is 1.38. The summed E-state index contributed by atoms with van der Waals surface area (Å²) in [6, 6.07) is 1.58. The Balaban J connectivity index is 2.23. The molecular weight excluding hydrogens is 224 g/mol. The average Bonchev–Trinajstić information content (AvgIpc) is 2.82. The highest BCUT2D eigenvalue weighted by Crippen LogP contribution is 2.21. The van der Waals surface area contributed by atoms with Gasteiger partial charge in [-0.15, -0.1) is 5.10 Å². The van der Waals surface area contributed by atoms with Crippen LogP contribution in [0, 0.1) is 0 Å². The molecule has 0 aliphatic rings. The second-order valence-corrected chi connectivity index (χ2v) is 3.80. The predicted molar refractivity (Wildman–Crippen MR) is 61.3 cm³/mol. The average molecular weight is 236 g/mol. The van der Waals surface area contributed by atoms with E-state index in [1.807, 2.05) is 18.4 Å². The van der Waals surface area contributed by atoms with Gasteiger partial charge in [0.15, 0.2) is 0 Å². The number of hydrogen-bond acceptors (Lipinski definition) is 6. The molecule has 0 saturated carbocycles. The van der Waals surface area contributed by atoms with Crippen molar-refractivity contribution in [3.05, 3.63) is 35.1 Å². The normalized spacial score (nSPS) is 12.4. The molecule has 0 radical (unpaired) electrons. The van der Waals surface area contributed by atoms with Crippen molar-refractivity contribution in [1.82, 2.24) is 14.6 Å². The lowest BCUT2D eigenvalue weighted by atomic mass is 10.1. The van der Waals surface area contributed by atoms with Crippen LogP contribution in [0.2, 0.25) is 0 Å². The zero-order valence-electron chi connectivity index (χ0n) is 8.83. The zero-order chi connectivity index (χ0) is 11.4. The van der Waals surface area contributed by atoms with Gasteiger partial charge in [0.05, 0.1) is 24.5 Å². The second kappa shape index (κ2) is 5.00. The minimum absolute atomic E-state index is 0.299. The van der Waals surface area contributed by atoms with Crippen molar-refractivity contribution in [2.45, 2.75) is 13.0 Å². The van der Waals surface area contributed by atoms with E-state index in [4.69, 9.17) is 10.5 Å². The quantitative estimate of drug-likeness (QED) is 0.868. The summed E-state index contributed by atoms with van der Waals surface area (Å²) in [6.07, 6.45) is 3.38. The number of nitrogens with two attached hydrogens (primary N) is 1. The Morgan fingerprint density at radius 1 is 1.50 bits per heavy atom. The maximum atomic E-state index is 6.03. The lowest BCUT2D eigenvalue weighted by Crippen LogP contribution is -2.12. The SMILES string of the molecule is CCOc1cncc(C(N)c2csnn2)c1. The summed E-state index contributed by atoms with van der Waals surface area (Å²) >= 11 is 1.28. The molecule has 84 valence electrons. The van der Waals surface area contributed by atoms with Crippen molar-refractivity contribution < 1.29 is 4.74 Å². The molecule has 6 heteroatoms. The summed E-state index contributed by atoms with van der Waals surface area (Å²) in [6.45, 7) is 2.54. The smallest absolute Gasteiger partial charge is 0.137 e. The third-order valence-electron chi connectivity index (χ3n) is 2.10. The minimum atomic E-state index is -0.299. The van der Waals surface area contributed by atoms with Crippen molar-refractivity contribution in [3.8, 4) is 5.75 Å². The van der Waals surface area contributed by atoms with Crippen LogP contribution in [0.25, 0.3) is 0 Å². The number of aromatic nitrogens is 3. The summed E-state index contributed by atoms with van der Waals surface area (Å²) in [5, 5.41) is 5.77. The molecule has 2 N–H and O–H groups in total. The van der Waals surface area contributed by atoms with Crippen LogP contribution in [0.3, 0.4) is 0 Å². The fourth-order valence-electron chi connectivity index (χ4n) is 1.33. The van der Waals surface area contributed by atoms with Crippen molar-refractivity contribution in [1.29, 1.82) is 0 Å². The first-order valence-electron chi connectivity index (χ1n) is 4.91. The summed E-state index contributed by atoms with van der Waals surface area (Å²) in [4.78, 5) is 4.08. The van der Waals surface area contributed by atoms with Gasteiger partial charge >= 0.3 is 0 Å². The van der Waals surface area contributed by atoms with Crippen LogP contribution in [-0.4, -0.2) is 21.2 Å². The van der Waals surface area contributed by atoms with E-state index < -0.39 is 0 Å². The van der Waals surface area contributed by atoms with Gasteiger partial charge < -0.3 is 10.5 Å².